The zero-order valence-electron chi connectivity index (χ0n) is 17.1. The van der Waals surface area contributed by atoms with Crippen LogP contribution < -0.4 is 10.2 Å². The Labute approximate surface area is 175 Å². The van der Waals surface area contributed by atoms with Crippen LogP contribution in [-0.4, -0.2) is 59.9 Å². The van der Waals surface area contributed by atoms with Gasteiger partial charge in [0.1, 0.15) is 5.82 Å². The molecule has 0 unspecified atom stereocenters. The molecule has 30 heavy (non-hydrogen) atoms. The van der Waals surface area contributed by atoms with Crippen LogP contribution in [0.5, 0.6) is 0 Å². The molecular formula is C23H26FN5O. The number of nitrogens with one attached hydrogen (secondary N) is 1. The lowest BCUT2D eigenvalue weighted by atomic mass is 10.2. The number of carbonyl (C=O) groups is 1. The second-order valence-corrected chi connectivity index (χ2v) is 7.55. The molecule has 1 aromatic heterocycles. The number of hydrogen-bond acceptors (Lipinski definition) is 4. The van der Waals surface area contributed by atoms with Gasteiger partial charge in [-0.15, -0.1) is 0 Å². The average molecular weight is 407 g/mol. The molecule has 1 N–H and O–H groups in total. The van der Waals surface area contributed by atoms with E-state index in [1.54, 1.807) is 29.1 Å². The lowest BCUT2D eigenvalue weighted by Crippen LogP contribution is -2.48. The highest BCUT2D eigenvalue weighted by molar-refractivity contribution is 5.92. The minimum absolute atomic E-state index is 0.200. The maximum atomic E-state index is 13.1. The van der Waals surface area contributed by atoms with Gasteiger partial charge in [0.05, 0.1) is 5.69 Å². The molecule has 0 atom stereocenters. The molecule has 4 rings (SSSR count). The Morgan fingerprint density at radius 1 is 1.03 bits per heavy atom. The summed E-state index contributed by atoms with van der Waals surface area (Å²) in [4.78, 5) is 17.2. The number of nitrogens with zero attached hydrogens (tertiary/aromatic N) is 4. The Morgan fingerprint density at radius 2 is 1.80 bits per heavy atom. The smallest absolute Gasteiger partial charge is 0.271 e. The second kappa shape index (κ2) is 9.09. The summed E-state index contributed by atoms with van der Waals surface area (Å²) in [5, 5.41) is 7.23. The highest BCUT2D eigenvalue weighted by Gasteiger charge is 2.17. The van der Waals surface area contributed by atoms with Crippen LogP contribution in [0.4, 0.5) is 10.1 Å². The monoisotopic (exact) mass is 407 g/mol. The van der Waals surface area contributed by atoms with Gasteiger partial charge in [-0.1, -0.05) is 12.1 Å². The molecule has 0 aliphatic carbocycles. The zero-order valence-corrected chi connectivity index (χ0v) is 17.1. The van der Waals surface area contributed by atoms with Crippen molar-refractivity contribution in [3.05, 3.63) is 77.9 Å². The predicted molar refractivity (Wildman–Crippen MR) is 116 cm³/mol. The third-order valence-electron chi connectivity index (χ3n) is 5.37. The van der Waals surface area contributed by atoms with Gasteiger partial charge in [-0.05, 0) is 55.0 Å². The Morgan fingerprint density at radius 3 is 2.53 bits per heavy atom. The summed E-state index contributed by atoms with van der Waals surface area (Å²) in [7, 11) is 0. The molecule has 0 radical (unpaired) electrons. The van der Waals surface area contributed by atoms with Crippen molar-refractivity contribution in [2.75, 3.05) is 44.2 Å². The van der Waals surface area contributed by atoms with E-state index in [0.29, 0.717) is 17.9 Å². The van der Waals surface area contributed by atoms with Gasteiger partial charge in [-0.25, -0.2) is 9.07 Å². The van der Waals surface area contributed by atoms with E-state index in [2.05, 4.69) is 51.4 Å². The quantitative estimate of drug-likeness (QED) is 0.683. The zero-order chi connectivity index (χ0) is 20.9. The van der Waals surface area contributed by atoms with Crippen molar-refractivity contribution in [3.63, 3.8) is 0 Å². The van der Waals surface area contributed by atoms with E-state index in [-0.39, 0.29) is 11.7 Å². The van der Waals surface area contributed by atoms with E-state index >= 15 is 0 Å². The van der Waals surface area contributed by atoms with Gasteiger partial charge in [-0.3, -0.25) is 9.69 Å². The fraction of sp³-hybridized carbons (Fsp3) is 0.304. The Hall–Kier alpha value is -3.19. The number of amides is 1. The van der Waals surface area contributed by atoms with Crippen molar-refractivity contribution in [2.24, 2.45) is 0 Å². The molecule has 2 aromatic carbocycles. The van der Waals surface area contributed by atoms with Crippen LogP contribution >= 0.6 is 0 Å². The van der Waals surface area contributed by atoms with Gasteiger partial charge in [0.15, 0.2) is 5.69 Å². The highest BCUT2D eigenvalue weighted by Crippen LogP contribution is 2.17. The first kappa shape index (κ1) is 20.1. The number of aryl methyl sites for hydroxylation is 1. The number of anilines is 1. The summed E-state index contributed by atoms with van der Waals surface area (Å²) >= 11 is 0. The normalized spacial score (nSPS) is 14.7. The summed E-state index contributed by atoms with van der Waals surface area (Å²) in [5.41, 5.74) is 3.62. The molecule has 6 nitrogen and oxygen atoms in total. The van der Waals surface area contributed by atoms with Gasteiger partial charge in [0.2, 0.25) is 0 Å². The number of carbonyl (C=O) groups excluding carboxylic acids is 1. The third kappa shape index (κ3) is 4.86. The molecular weight excluding hydrogens is 381 g/mol. The number of piperazine rings is 1. The molecule has 0 spiro atoms. The van der Waals surface area contributed by atoms with E-state index < -0.39 is 0 Å². The molecule has 3 aromatic rings. The fourth-order valence-electron chi connectivity index (χ4n) is 3.66. The summed E-state index contributed by atoms with van der Waals surface area (Å²) in [6.45, 7) is 7.43. The maximum Gasteiger partial charge on any atom is 0.271 e. The van der Waals surface area contributed by atoms with Crippen LogP contribution in [0.1, 0.15) is 16.1 Å². The van der Waals surface area contributed by atoms with E-state index in [9.17, 15) is 9.18 Å². The summed E-state index contributed by atoms with van der Waals surface area (Å²) in [5.74, 6) is -0.502. The average Bonchev–Trinajstić information content (AvgIpc) is 3.25. The molecule has 1 fully saturated rings. The van der Waals surface area contributed by atoms with E-state index in [1.807, 2.05) is 0 Å². The largest absolute Gasteiger partial charge is 0.369 e. The third-order valence-corrected chi connectivity index (χ3v) is 5.37. The standard InChI is InChI=1S/C23H26FN5O/c1-18-3-2-4-21(17-18)28-15-13-27(14-16-28)12-10-25-23(30)22-9-11-29(26-22)20-7-5-19(24)6-8-20/h2-9,11,17H,10,12-16H2,1H3,(H,25,30). The fourth-order valence-corrected chi connectivity index (χ4v) is 3.66. The first-order valence-corrected chi connectivity index (χ1v) is 10.2. The van der Waals surface area contributed by atoms with Crippen molar-refractivity contribution in [2.45, 2.75) is 6.92 Å². The molecule has 7 heteroatoms. The number of aromatic nitrogens is 2. The molecule has 1 amide bonds. The molecule has 1 aliphatic rings. The lowest BCUT2D eigenvalue weighted by Gasteiger charge is -2.36. The van der Waals surface area contributed by atoms with Gasteiger partial charge < -0.3 is 10.2 Å². The van der Waals surface area contributed by atoms with Crippen LogP contribution in [0.3, 0.4) is 0 Å². The SMILES string of the molecule is Cc1cccc(N2CCN(CCNC(=O)c3ccn(-c4ccc(F)cc4)n3)CC2)c1. The highest BCUT2D eigenvalue weighted by atomic mass is 19.1. The summed E-state index contributed by atoms with van der Waals surface area (Å²) in [6, 6.07) is 16.3. The number of rotatable bonds is 6. The number of hydrogen-bond donors (Lipinski definition) is 1. The Bertz CT molecular complexity index is 993. The van der Waals surface area contributed by atoms with Crippen molar-refractivity contribution in [1.29, 1.82) is 0 Å². The lowest BCUT2D eigenvalue weighted by molar-refractivity contribution is 0.0942. The van der Waals surface area contributed by atoms with Crippen LogP contribution in [0.2, 0.25) is 0 Å². The first-order chi connectivity index (χ1) is 14.6. The topological polar surface area (TPSA) is 53.4 Å². The maximum absolute atomic E-state index is 13.1. The molecule has 0 saturated carbocycles. The van der Waals surface area contributed by atoms with Crippen LogP contribution in [0.15, 0.2) is 60.8 Å². The van der Waals surface area contributed by atoms with Gasteiger partial charge in [0, 0.05) is 51.2 Å². The molecule has 1 aliphatic heterocycles. The van der Waals surface area contributed by atoms with E-state index in [0.717, 1.165) is 32.7 Å². The summed E-state index contributed by atoms with van der Waals surface area (Å²) in [6.07, 6.45) is 1.70. The predicted octanol–water partition coefficient (Wildman–Crippen LogP) is 2.87. The number of benzene rings is 2. The molecule has 1 saturated heterocycles. The van der Waals surface area contributed by atoms with E-state index in [4.69, 9.17) is 0 Å². The van der Waals surface area contributed by atoms with Gasteiger partial charge in [0.25, 0.3) is 5.91 Å². The van der Waals surface area contributed by atoms with Crippen LogP contribution in [0.25, 0.3) is 5.69 Å². The molecule has 156 valence electrons. The van der Waals surface area contributed by atoms with Crippen molar-refractivity contribution in [3.8, 4) is 5.69 Å². The Kier molecular flexibility index (Phi) is 6.09. The van der Waals surface area contributed by atoms with Crippen molar-refractivity contribution >= 4 is 11.6 Å². The van der Waals surface area contributed by atoms with Crippen molar-refractivity contribution in [1.82, 2.24) is 20.0 Å². The minimum atomic E-state index is -0.302. The summed E-state index contributed by atoms with van der Waals surface area (Å²) < 4.78 is 14.6. The minimum Gasteiger partial charge on any atom is -0.369 e. The molecule has 2 heterocycles. The van der Waals surface area contributed by atoms with Crippen LogP contribution in [0, 0.1) is 12.7 Å². The van der Waals surface area contributed by atoms with E-state index in [1.165, 1.54) is 23.4 Å². The van der Waals surface area contributed by atoms with Gasteiger partial charge >= 0.3 is 0 Å². The van der Waals surface area contributed by atoms with Crippen molar-refractivity contribution < 1.29 is 9.18 Å². The van der Waals surface area contributed by atoms with Gasteiger partial charge in [-0.2, -0.15) is 5.10 Å². The number of halogens is 1. The Balaban J connectivity index is 1.22. The second-order valence-electron chi connectivity index (χ2n) is 7.55. The molecule has 0 bridgehead atoms. The van der Waals surface area contributed by atoms with Crippen LogP contribution in [-0.2, 0) is 0 Å². The first-order valence-electron chi connectivity index (χ1n) is 10.2.